The third-order valence-electron chi connectivity index (χ3n) is 3.23. The fraction of sp³-hybridized carbons (Fsp3) is 0.533. The van der Waals surface area contributed by atoms with Crippen molar-refractivity contribution in [2.75, 3.05) is 11.4 Å². The predicted molar refractivity (Wildman–Crippen MR) is 81.0 cm³/mol. The molecule has 19 heavy (non-hydrogen) atoms. The molecule has 0 radical (unpaired) electrons. The lowest BCUT2D eigenvalue weighted by Crippen LogP contribution is -2.31. The zero-order valence-electron chi connectivity index (χ0n) is 12.1. The van der Waals surface area contributed by atoms with Gasteiger partial charge in [-0.3, -0.25) is 0 Å². The van der Waals surface area contributed by atoms with Crippen molar-refractivity contribution in [1.29, 1.82) is 0 Å². The third kappa shape index (κ3) is 4.47. The number of hydrogen-bond donors (Lipinski definition) is 2. The molecule has 0 saturated carbocycles. The van der Waals surface area contributed by atoms with Crippen LogP contribution in [0.3, 0.4) is 0 Å². The minimum Gasteiger partial charge on any atom is -0.409 e. The number of hydrogen-bond acceptors (Lipinski definition) is 3. The van der Waals surface area contributed by atoms with Crippen molar-refractivity contribution in [3.8, 4) is 0 Å². The number of unbranched alkanes of at least 4 members (excludes halogenated alkanes) is 2. The monoisotopic (exact) mass is 263 g/mol. The molecule has 0 spiro atoms. The van der Waals surface area contributed by atoms with Crippen molar-refractivity contribution in [2.24, 2.45) is 10.9 Å². The summed E-state index contributed by atoms with van der Waals surface area (Å²) >= 11 is 0. The van der Waals surface area contributed by atoms with Gasteiger partial charge >= 0.3 is 0 Å². The Labute approximate surface area is 115 Å². The zero-order chi connectivity index (χ0) is 14.3. The summed E-state index contributed by atoms with van der Waals surface area (Å²) in [7, 11) is 0. The molecular formula is C15H25N3O. The molecule has 3 N–H and O–H groups in total. The van der Waals surface area contributed by atoms with Gasteiger partial charge in [-0.25, -0.2) is 0 Å². The first kappa shape index (κ1) is 15.3. The molecule has 1 aromatic rings. The maximum Gasteiger partial charge on any atom is 0.170 e. The summed E-state index contributed by atoms with van der Waals surface area (Å²) in [6.45, 7) is 7.67. The van der Waals surface area contributed by atoms with Crippen LogP contribution in [0.1, 0.15) is 45.6 Å². The van der Waals surface area contributed by atoms with Crippen LogP contribution < -0.4 is 10.6 Å². The molecule has 0 aliphatic carbocycles. The van der Waals surface area contributed by atoms with Crippen LogP contribution in [0.4, 0.5) is 5.69 Å². The molecule has 4 heteroatoms. The lowest BCUT2D eigenvalue weighted by Gasteiger charge is -2.29. The van der Waals surface area contributed by atoms with E-state index in [1.165, 1.54) is 24.9 Å². The Morgan fingerprint density at radius 3 is 2.37 bits per heavy atom. The molecule has 0 bridgehead atoms. The number of anilines is 1. The number of nitrogens with two attached hydrogens (primary N) is 1. The van der Waals surface area contributed by atoms with Gasteiger partial charge < -0.3 is 15.8 Å². The topological polar surface area (TPSA) is 61.8 Å². The SMILES string of the molecule is CCCCCN(c1ccc(C(N)=NO)cc1)C(C)C. The molecule has 0 aliphatic rings. The number of benzene rings is 1. The standard InChI is InChI=1S/C15H25N3O/c1-4-5-6-11-18(12(2)3)14-9-7-13(8-10-14)15(16)17-19/h7-10,12,19H,4-6,11H2,1-3H3,(H2,16,17). The van der Waals surface area contributed by atoms with Crippen molar-refractivity contribution in [1.82, 2.24) is 0 Å². The Morgan fingerprint density at radius 2 is 1.89 bits per heavy atom. The largest absolute Gasteiger partial charge is 0.409 e. The van der Waals surface area contributed by atoms with E-state index in [0.29, 0.717) is 6.04 Å². The number of amidine groups is 1. The van der Waals surface area contributed by atoms with Gasteiger partial charge in [0.25, 0.3) is 0 Å². The molecular weight excluding hydrogens is 238 g/mol. The van der Waals surface area contributed by atoms with Crippen molar-refractivity contribution in [3.05, 3.63) is 29.8 Å². The van der Waals surface area contributed by atoms with Gasteiger partial charge in [-0.1, -0.05) is 24.9 Å². The highest BCUT2D eigenvalue weighted by atomic mass is 16.4. The third-order valence-corrected chi connectivity index (χ3v) is 3.23. The molecule has 0 heterocycles. The Balaban J connectivity index is 2.79. The van der Waals surface area contributed by atoms with Crippen LogP contribution in [0.5, 0.6) is 0 Å². The molecule has 1 aromatic carbocycles. The predicted octanol–water partition coefficient (Wildman–Crippen LogP) is 3.19. The lowest BCUT2D eigenvalue weighted by atomic mass is 10.1. The van der Waals surface area contributed by atoms with E-state index in [1.54, 1.807) is 0 Å². The quantitative estimate of drug-likeness (QED) is 0.261. The van der Waals surface area contributed by atoms with Crippen LogP contribution in [0.2, 0.25) is 0 Å². The second-order valence-electron chi connectivity index (χ2n) is 5.03. The van der Waals surface area contributed by atoms with Crippen LogP contribution >= 0.6 is 0 Å². The normalized spacial score (nSPS) is 11.9. The first-order valence-electron chi connectivity index (χ1n) is 6.94. The molecule has 0 aromatic heterocycles. The fourth-order valence-corrected chi connectivity index (χ4v) is 2.10. The summed E-state index contributed by atoms with van der Waals surface area (Å²) in [5, 5.41) is 11.7. The highest BCUT2D eigenvalue weighted by molar-refractivity contribution is 5.97. The van der Waals surface area contributed by atoms with E-state index in [0.717, 1.165) is 12.1 Å². The van der Waals surface area contributed by atoms with E-state index in [1.807, 2.05) is 24.3 Å². The number of oxime groups is 1. The van der Waals surface area contributed by atoms with Crippen LogP contribution in [-0.4, -0.2) is 23.6 Å². The minimum atomic E-state index is 0.147. The van der Waals surface area contributed by atoms with Crippen LogP contribution in [0.25, 0.3) is 0 Å². The van der Waals surface area contributed by atoms with Crippen molar-refractivity contribution >= 4 is 11.5 Å². The fourth-order valence-electron chi connectivity index (χ4n) is 2.10. The maximum absolute atomic E-state index is 8.65. The van der Waals surface area contributed by atoms with Crippen molar-refractivity contribution in [3.63, 3.8) is 0 Å². The highest BCUT2D eigenvalue weighted by Crippen LogP contribution is 2.19. The molecule has 0 amide bonds. The second-order valence-corrected chi connectivity index (χ2v) is 5.03. The van der Waals surface area contributed by atoms with Crippen molar-refractivity contribution in [2.45, 2.75) is 46.1 Å². The highest BCUT2D eigenvalue weighted by Gasteiger charge is 2.10. The Hall–Kier alpha value is -1.71. The van der Waals surface area contributed by atoms with E-state index in [-0.39, 0.29) is 5.84 Å². The van der Waals surface area contributed by atoms with Crippen LogP contribution in [-0.2, 0) is 0 Å². The van der Waals surface area contributed by atoms with Gasteiger partial charge in [-0.2, -0.15) is 0 Å². The van der Waals surface area contributed by atoms with Gasteiger partial charge in [0, 0.05) is 23.8 Å². The van der Waals surface area contributed by atoms with E-state index < -0.39 is 0 Å². The van der Waals surface area contributed by atoms with Gasteiger partial charge in [0.05, 0.1) is 0 Å². The molecule has 0 atom stereocenters. The molecule has 1 rings (SSSR count). The summed E-state index contributed by atoms with van der Waals surface area (Å²) in [4.78, 5) is 2.38. The van der Waals surface area contributed by atoms with E-state index in [2.05, 4.69) is 30.8 Å². The maximum atomic E-state index is 8.65. The Bertz CT molecular complexity index is 398. The summed E-state index contributed by atoms with van der Waals surface area (Å²) in [6, 6.07) is 8.30. The van der Waals surface area contributed by atoms with Crippen molar-refractivity contribution < 1.29 is 5.21 Å². The second kappa shape index (κ2) is 7.67. The Kier molecular flexibility index (Phi) is 6.19. The summed E-state index contributed by atoms with van der Waals surface area (Å²) < 4.78 is 0. The van der Waals surface area contributed by atoms with E-state index in [4.69, 9.17) is 10.9 Å². The van der Waals surface area contributed by atoms with Gasteiger partial charge in [-0.15, -0.1) is 0 Å². The average molecular weight is 263 g/mol. The number of rotatable bonds is 7. The molecule has 0 fully saturated rings. The lowest BCUT2D eigenvalue weighted by molar-refractivity contribution is 0.318. The Morgan fingerprint density at radius 1 is 1.26 bits per heavy atom. The molecule has 106 valence electrons. The summed E-state index contributed by atoms with van der Waals surface area (Å²) in [6.07, 6.45) is 3.69. The molecule has 0 unspecified atom stereocenters. The first-order valence-corrected chi connectivity index (χ1v) is 6.94. The van der Waals surface area contributed by atoms with Crippen LogP contribution in [0.15, 0.2) is 29.4 Å². The van der Waals surface area contributed by atoms with Gasteiger partial charge in [0.1, 0.15) is 0 Å². The summed E-state index contributed by atoms with van der Waals surface area (Å²) in [5.41, 5.74) is 7.49. The average Bonchev–Trinajstić information content (AvgIpc) is 2.42. The van der Waals surface area contributed by atoms with Crippen LogP contribution in [0, 0.1) is 0 Å². The zero-order valence-corrected chi connectivity index (χ0v) is 12.1. The smallest absolute Gasteiger partial charge is 0.170 e. The van der Waals surface area contributed by atoms with E-state index >= 15 is 0 Å². The summed E-state index contributed by atoms with van der Waals surface area (Å²) in [5.74, 6) is 0.147. The molecule has 0 aliphatic heterocycles. The van der Waals surface area contributed by atoms with Gasteiger partial charge in [0.15, 0.2) is 5.84 Å². The number of nitrogens with zero attached hydrogens (tertiary/aromatic N) is 2. The molecule has 0 saturated heterocycles. The first-order chi connectivity index (χ1) is 9.10. The minimum absolute atomic E-state index is 0.147. The van der Waals surface area contributed by atoms with E-state index in [9.17, 15) is 0 Å². The molecule has 4 nitrogen and oxygen atoms in total. The van der Waals surface area contributed by atoms with Gasteiger partial charge in [-0.05, 0) is 44.5 Å². The van der Waals surface area contributed by atoms with Gasteiger partial charge in [0.2, 0.25) is 0 Å².